The fraction of sp³-hybridized carbons (Fsp3) is 0.273. The lowest BCUT2D eigenvalue weighted by molar-refractivity contribution is -0.135. The Morgan fingerprint density at radius 3 is 2.50 bits per heavy atom. The highest BCUT2D eigenvalue weighted by Gasteiger charge is 2.21. The summed E-state index contributed by atoms with van der Waals surface area (Å²) >= 11 is 0. The summed E-state index contributed by atoms with van der Waals surface area (Å²) in [5.41, 5.74) is 0.648. The third kappa shape index (κ3) is 4.65. The second-order valence-electron chi connectivity index (χ2n) is 7.15. The molecule has 2 aromatic carbocycles. The van der Waals surface area contributed by atoms with E-state index in [2.05, 4.69) is 4.90 Å². The van der Waals surface area contributed by atoms with E-state index in [9.17, 15) is 18.4 Å². The summed E-state index contributed by atoms with van der Waals surface area (Å²) in [6, 6.07) is 12.0. The molecule has 0 bridgehead atoms. The Bertz CT molecular complexity index is 1120. The second kappa shape index (κ2) is 8.62. The maximum Gasteiger partial charge on any atom is 0.336 e. The number of piperazine rings is 1. The van der Waals surface area contributed by atoms with Gasteiger partial charge in [-0.15, -0.1) is 0 Å². The molecule has 1 saturated heterocycles. The molecule has 0 atom stereocenters. The molecule has 1 aliphatic rings. The Kier molecular flexibility index (Phi) is 5.76. The van der Waals surface area contributed by atoms with Crippen LogP contribution in [-0.2, 0) is 11.3 Å². The number of ether oxygens (including phenoxy) is 1. The predicted molar refractivity (Wildman–Crippen MR) is 106 cm³/mol. The molecule has 6 nitrogen and oxygen atoms in total. The van der Waals surface area contributed by atoms with Crippen molar-refractivity contribution in [2.24, 2.45) is 0 Å². The quantitative estimate of drug-likeness (QED) is 0.601. The average molecular weight is 414 g/mol. The molecule has 1 aliphatic heterocycles. The molecule has 1 amide bonds. The highest BCUT2D eigenvalue weighted by molar-refractivity contribution is 5.79. The van der Waals surface area contributed by atoms with Gasteiger partial charge in [-0.05, 0) is 35.9 Å². The second-order valence-corrected chi connectivity index (χ2v) is 7.15. The third-order valence-corrected chi connectivity index (χ3v) is 5.07. The first-order chi connectivity index (χ1) is 14.5. The van der Waals surface area contributed by atoms with Crippen LogP contribution in [0.25, 0.3) is 11.0 Å². The molecule has 0 spiro atoms. The fourth-order valence-corrected chi connectivity index (χ4v) is 3.42. The smallest absolute Gasteiger partial charge is 0.336 e. The maximum absolute atomic E-state index is 13.4. The Balaban J connectivity index is 1.28. The fourth-order valence-electron chi connectivity index (χ4n) is 3.42. The average Bonchev–Trinajstić information content (AvgIpc) is 2.75. The molecule has 0 unspecified atom stereocenters. The third-order valence-electron chi connectivity index (χ3n) is 5.07. The summed E-state index contributed by atoms with van der Waals surface area (Å²) in [6.07, 6.45) is 0. The summed E-state index contributed by atoms with van der Waals surface area (Å²) in [7, 11) is 0. The molecule has 0 saturated carbocycles. The lowest BCUT2D eigenvalue weighted by atomic mass is 10.2. The SMILES string of the molecule is O=C(COc1ccc2ccc(=O)oc2c1)N1CCN(Cc2ccc(F)c(F)c2)CC1. The molecule has 1 fully saturated rings. The molecule has 1 aromatic heterocycles. The summed E-state index contributed by atoms with van der Waals surface area (Å²) in [6.45, 7) is 2.69. The molecular weight excluding hydrogens is 394 g/mol. The Morgan fingerprint density at radius 2 is 1.73 bits per heavy atom. The normalized spacial score (nSPS) is 14.8. The van der Waals surface area contributed by atoms with Crippen molar-refractivity contribution < 1.29 is 22.7 Å². The zero-order chi connectivity index (χ0) is 21.1. The van der Waals surface area contributed by atoms with Gasteiger partial charge in [0.25, 0.3) is 5.91 Å². The van der Waals surface area contributed by atoms with E-state index in [-0.39, 0.29) is 12.5 Å². The minimum Gasteiger partial charge on any atom is -0.484 e. The van der Waals surface area contributed by atoms with Gasteiger partial charge in [0, 0.05) is 50.2 Å². The topological polar surface area (TPSA) is 63.0 Å². The molecular formula is C22H20F2N2O4. The molecule has 156 valence electrons. The summed E-state index contributed by atoms with van der Waals surface area (Å²) in [5.74, 6) is -1.41. The van der Waals surface area contributed by atoms with Gasteiger partial charge in [0.05, 0.1) is 0 Å². The standard InChI is InChI=1S/C22H20F2N2O4/c23-18-5-1-15(11-19(18)24)13-25-7-9-26(10-8-25)21(27)14-29-17-4-2-16-3-6-22(28)30-20(16)12-17/h1-6,11-12H,7-10,13-14H2. The number of rotatable bonds is 5. The number of carbonyl (C=O) groups excluding carboxylic acids is 1. The van der Waals surface area contributed by atoms with Crippen LogP contribution in [-0.4, -0.2) is 48.5 Å². The van der Waals surface area contributed by atoms with E-state index < -0.39 is 17.3 Å². The predicted octanol–water partition coefficient (Wildman–Crippen LogP) is 2.79. The van der Waals surface area contributed by atoms with Gasteiger partial charge in [0.15, 0.2) is 18.2 Å². The van der Waals surface area contributed by atoms with Gasteiger partial charge in [0.2, 0.25) is 0 Å². The Morgan fingerprint density at radius 1 is 0.967 bits per heavy atom. The highest BCUT2D eigenvalue weighted by atomic mass is 19.2. The van der Waals surface area contributed by atoms with Crippen molar-refractivity contribution >= 4 is 16.9 Å². The van der Waals surface area contributed by atoms with Gasteiger partial charge in [-0.3, -0.25) is 9.69 Å². The lowest BCUT2D eigenvalue weighted by Crippen LogP contribution is -2.49. The van der Waals surface area contributed by atoms with Crippen LogP contribution >= 0.6 is 0 Å². The molecule has 3 aromatic rings. The summed E-state index contributed by atoms with van der Waals surface area (Å²) < 4.78 is 37.1. The van der Waals surface area contributed by atoms with Crippen molar-refractivity contribution in [1.82, 2.24) is 9.80 Å². The zero-order valence-electron chi connectivity index (χ0n) is 16.1. The number of nitrogens with zero attached hydrogens (tertiary/aromatic N) is 2. The van der Waals surface area contributed by atoms with E-state index in [0.717, 1.165) is 11.5 Å². The first kappa shape index (κ1) is 20.0. The van der Waals surface area contributed by atoms with E-state index in [4.69, 9.17) is 9.15 Å². The van der Waals surface area contributed by atoms with E-state index in [0.29, 0.717) is 49.6 Å². The first-order valence-electron chi connectivity index (χ1n) is 9.59. The van der Waals surface area contributed by atoms with Gasteiger partial charge in [-0.25, -0.2) is 13.6 Å². The van der Waals surface area contributed by atoms with Crippen LogP contribution in [0.15, 0.2) is 57.7 Å². The minimum atomic E-state index is -0.859. The highest BCUT2D eigenvalue weighted by Crippen LogP contribution is 2.19. The van der Waals surface area contributed by atoms with E-state index in [1.54, 1.807) is 35.2 Å². The van der Waals surface area contributed by atoms with Crippen LogP contribution in [0.2, 0.25) is 0 Å². The number of amides is 1. The van der Waals surface area contributed by atoms with Gasteiger partial charge < -0.3 is 14.1 Å². The first-order valence-corrected chi connectivity index (χ1v) is 9.59. The van der Waals surface area contributed by atoms with E-state index in [1.165, 1.54) is 12.1 Å². The van der Waals surface area contributed by atoms with Gasteiger partial charge >= 0.3 is 5.63 Å². The molecule has 4 rings (SSSR count). The largest absolute Gasteiger partial charge is 0.484 e. The van der Waals surface area contributed by atoms with Crippen LogP contribution in [0.3, 0.4) is 0 Å². The van der Waals surface area contributed by atoms with Crippen LogP contribution < -0.4 is 10.4 Å². The summed E-state index contributed by atoms with van der Waals surface area (Å²) in [5, 5.41) is 0.769. The minimum absolute atomic E-state index is 0.119. The zero-order valence-corrected chi connectivity index (χ0v) is 16.1. The lowest BCUT2D eigenvalue weighted by Gasteiger charge is -2.34. The van der Waals surface area contributed by atoms with Crippen molar-refractivity contribution in [2.45, 2.75) is 6.54 Å². The molecule has 8 heteroatoms. The summed E-state index contributed by atoms with van der Waals surface area (Å²) in [4.78, 5) is 27.6. The molecule has 0 aliphatic carbocycles. The van der Waals surface area contributed by atoms with E-state index >= 15 is 0 Å². The van der Waals surface area contributed by atoms with Crippen LogP contribution in [0.4, 0.5) is 8.78 Å². The van der Waals surface area contributed by atoms with Crippen molar-refractivity contribution in [3.63, 3.8) is 0 Å². The number of hydrogen-bond donors (Lipinski definition) is 0. The van der Waals surface area contributed by atoms with Crippen molar-refractivity contribution in [1.29, 1.82) is 0 Å². The molecule has 2 heterocycles. The monoisotopic (exact) mass is 414 g/mol. The van der Waals surface area contributed by atoms with Crippen molar-refractivity contribution in [3.05, 3.63) is 76.1 Å². The van der Waals surface area contributed by atoms with Gasteiger partial charge in [-0.1, -0.05) is 6.07 Å². The molecule has 0 radical (unpaired) electrons. The number of carbonyl (C=O) groups is 1. The van der Waals surface area contributed by atoms with Crippen molar-refractivity contribution in [3.8, 4) is 5.75 Å². The molecule has 0 N–H and O–H groups in total. The van der Waals surface area contributed by atoms with Gasteiger partial charge in [0.1, 0.15) is 11.3 Å². The Labute approximate surface area is 171 Å². The number of fused-ring (bicyclic) bond motifs is 1. The van der Waals surface area contributed by atoms with Crippen LogP contribution in [0, 0.1) is 11.6 Å². The number of hydrogen-bond acceptors (Lipinski definition) is 5. The van der Waals surface area contributed by atoms with Crippen LogP contribution in [0.1, 0.15) is 5.56 Å². The number of halogens is 2. The van der Waals surface area contributed by atoms with Crippen molar-refractivity contribution in [2.75, 3.05) is 32.8 Å². The Hall–Kier alpha value is -3.26. The number of benzene rings is 2. The molecule has 30 heavy (non-hydrogen) atoms. The maximum atomic E-state index is 13.4. The van der Waals surface area contributed by atoms with E-state index in [1.807, 2.05) is 0 Å². The van der Waals surface area contributed by atoms with Crippen LogP contribution in [0.5, 0.6) is 5.75 Å². The van der Waals surface area contributed by atoms with Gasteiger partial charge in [-0.2, -0.15) is 0 Å².